The van der Waals surface area contributed by atoms with Gasteiger partial charge in [0, 0.05) is 16.7 Å². The van der Waals surface area contributed by atoms with Gasteiger partial charge >= 0.3 is 0 Å². The van der Waals surface area contributed by atoms with Gasteiger partial charge in [0.2, 0.25) is 21.8 Å². The van der Waals surface area contributed by atoms with Crippen LogP contribution in [0.1, 0.15) is 25.8 Å². The van der Waals surface area contributed by atoms with Crippen molar-refractivity contribution >= 4 is 73.3 Å². The summed E-state index contributed by atoms with van der Waals surface area (Å²) in [6, 6.07) is 10.9. The zero-order valence-electron chi connectivity index (χ0n) is 18.5. The lowest BCUT2D eigenvalue weighted by Crippen LogP contribution is -2.51. The van der Waals surface area contributed by atoms with Crippen LogP contribution in [-0.2, 0) is 26.2 Å². The average Bonchev–Trinajstić information content (AvgIpc) is 2.75. The lowest BCUT2D eigenvalue weighted by molar-refractivity contribution is -0.139. The second-order valence-corrected chi connectivity index (χ2v) is 11.4. The number of rotatable bonds is 10. The van der Waals surface area contributed by atoms with Gasteiger partial charge in [-0.2, -0.15) is 0 Å². The van der Waals surface area contributed by atoms with Crippen LogP contribution in [0.15, 0.2) is 42.5 Å². The van der Waals surface area contributed by atoms with Crippen LogP contribution < -0.4 is 9.62 Å². The van der Waals surface area contributed by atoms with E-state index in [0.29, 0.717) is 27.8 Å². The number of carbonyl (C=O) groups is 2. The Labute approximate surface area is 218 Å². The molecular formula is C22H26Cl2IN3O4S. The minimum absolute atomic E-state index is 0.0563. The van der Waals surface area contributed by atoms with Gasteiger partial charge in [-0.15, -0.1) is 0 Å². The Morgan fingerprint density at radius 2 is 1.73 bits per heavy atom. The summed E-state index contributed by atoms with van der Waals surface area (Å²) in [7, 11) is -3.76. The summed E-state index contributed by atoms with van der Waals surface area (Å²) >= 11 is 14.2. The molecule has 0 bridgehead atoms. The van der Waals surface area contributed by atoms with Gasteiger partial charge in [0.15, 0.2) is 0 Å². The molecule has 2 aromatic carbocycles. The van der Waals surface area contributed by atoms with Crippen molar-refractivity contribution < 1.29 is 18.0 Å². The van der Waals surface area contributed by atoms with Gasteiger partial charge in [-0.1, -0.05) is 36.2 Å². The van der Waals surface area contributed by atoms with E-state index in [0.717, 1.165) is 20.6 Å². The molecule has 2 amide bonds. The van der Waals surface area contributed by atoms with E-state index < -0.39 is 28.5 Å². The standard InChI is InChI=1S/C22H26Cl2IN3O4S/c1-4-11-26-22(30)15(2)27(13-16-5-10-19(23)20(24)12-16)21(29)14-28(33(3,31)32)18-8-6-17(25)7-9-18/h5-10,12,15H,4,11,13-14H2,1-3H3,(H,26,30)/t15-/m1/s1. The highest BCUT2D eigenvalue weighted by Crippen LogP contribution is 2.24. The van der Waals surface area contributed by atoms with Crippen LogP contribution in [0.25, 0.3) is 0 Å². The smallest absolute Gasteiger partial charge is 0.244 e. The molecule has 0 spiro atoms. The van der Waals surface area contributed by atoms with Crippen LogP contribution in [0.5, 0.6) is 0 Å². The first-order valence-corrected chi connectivity index (χ1v) is 13.9. The Kier molecular flexibility index (Phi) is 10.3. The average molecular weight is 626 g/mol. The maximum Gasteiger partial charge on any atom is 0.244 e. The lowest BCUT2D eigenvalue weighted by atomic mass is 10.1. The number of nitrogens with one attached hydrogen (secondary N) is 1. The molecule has 0 saturated carbocycles. The highest BCUT2D eigenvalue weighted by molar-refractivity contribution is 14.1. The first kappa shape index (κ1) is 27.7. The summed E-state index contributed by atoms with van der Waals surface area (Å²) in [5.41, 5.74) is 1.02. The molecule has 180 valence electrons. The van der Waals surface area contributed by atoms with Crippen molar-refractivity contribution in [3.05, 3.63) is 61.6 Å². The molecule has 0 heterocycles. The molecule has 2 aromatic rings. The van der Waals surface area contributed by atoms with Crippen LogP contribution >= 0.6 is 45.8 Å². The molecule has 0 aliphatic carbocycles. The second kappa shape index (κ2) is 12.2. The number of benzene rings is 2. The van der Waals surface area contributed by atoms with Crippen molar-refractivity contribution in [3.8, 4) is 0 Å². The molecule has 33 heavy (non-hydrogen) atoms. The van der Waals surface area contributed by atoms with Gasteiger partial charge in [-0.05, 0) is 77.9 Å². The predicted molar refractivity (Wildman–Crippen MR) is 141 cm³/mol. The van der Waals surface area contributed by atoms with E-state index in [9.17, 15) is 18.0 Å². The van der Waals surface area contributed by atoms with E-state index in [2.05, 4.69) is 27.9 Å². The van der Waals surface area contributed by atoms with Gasteiger partial charge in [-0.25, -0.2) is 8.42 Å². The molecule has 2 rings (SSSR count). The molecule has 0 unspecified atom stereocenters. The number of amides is 2. The number of halogens is 3. The molecule has 0 aromatic heterocycles. The van der Waals surface area contributed by atoms with Gasteiger partial charge in [0.1, 0.15) is 12.6 Å². The third-order valence-electron chi connectivity index (χ3n) is 4.85. The highest BCUT2D eigenvalue weighted by Gasteiger charge is 2.30. The molecule has 0 aliphatic heterocycles. The van der Waals surface area contributed by atoms with Crippen molar-refractivity contribution in [2.75, 3.05) is 23.7 Å². The molecule has 0 aliphatic rings. The van der Waals surface area contributed by atoms with Crippen LogP contribution in [0.2, 0.25) is 10.0 Å². The molecule has 1 atom stereocenters. The third kappa shape index (κ3) is 8.01. The first-order valence-electron chi connectivity index (χ1n) is 10.2. The van der Waals surface area contributed by atoms with Gasteiger partial charge in [-0.3, -0.25) is 13.9 Å². The normalized spacial score (nSPS) is 12.2. The van der Waals surface area contributed by atoms with Crippen LogP contribution in [0.3, 0.4) is 0 Å². The summed E-state index contributed by atoms with van der Waals surface area (Å²) < 4.78 is 27.0. The van der Waals surface area contributed by atoms with Crippen LogP contribution in [0, 0.1) is 3.57 Å². The van der Waals surface area contributed by atoms with Crippen molar-refractivity contribution in [2.24, 2.45) is 0 Å². The second-order valence-electron chi connectivity index (χ2n) is 7.48. The zero-order chi connectivity index (χ0) is 24.8. The minimum atomic E-state index is -3.76. The molecule has 7 nitrogen and oxygen atoms in total. The van der Waals surface area contributed by atoms with E-state index in [1.165, 1.54) is 4.90 Å². The zero-order valence-corrected chi connectivity index (χ0v) is 23.0. The summed E-state index contributed by atoms with van der Waals surface area (Å²) in [6.45, 7) is 3.60. The number of hydrogen-bond donors (Lipinski definition) is 1. The fraction of sp³-hybridized carbons (Fsp3) is 0.364. The van der Waals surface area contributed by atoms with Crippen LogP contribution in [0.4, 0.5) is 5.69 Å². The fourth-order valence-corrected chi connectivity index (χ4v) is 4.56. The number of anilines is 1. The molecule has 0 fully saturated rings. The lowest BCUT2D eigenvalue weighted by Gasteiger charge is -2.31. The SMILES string of the molecule is CCCNC(=O)[C@@H](C)N(Cc1ccc(Cl)c(Cl)c1)C(=O)CN(c1ccc(I)cc1)S(C)(=O)=O. The number of carbonyl (C=O) groups excluding carboxylic acids is 2. The largest absolute Gasteiger partial charge is 0.354 e. The van der Waals surface area contributed by atoms with E-state index in [1.54, 1.807) is 49.4 Å². The maximum absolute atomic E-state index is 13.4. The Hall–Kier alpha value is -1.56. The van der Waals surface area contributed by atoms with E-state index >= 15 is 0 Å². The summed E-state index contributed by atoms with van der Waals surface area (Å²) in [5, 5.41) is 3.47. The number of nitrogens with zero attached hydrogens (tertiary/aromatic N) is 2. The van der Waals surface area contributed by atoms with E-state index in [1.807, 2.05) is 6.92 Å². The molecular weight excluding hydrogens is 600 g/mol. The van der Waals surface area contributed by atoms with E-state index in [-0.39, 0.29) is 12.5 Å². The molecule has 1 N–H and O–H groups in total. The molecule has 11 heteroatoms. The van der Waals surface area contributed by atoms with Crippen molar-refractivity contribution in [1.82, 2.24) is 10.2 Å². The Bertz CT molecular complexity index is 1100. The van der Waals surface area contributed by atoms with E-state index in [4.69, 9.17) is 23.2 Å². The summed E-state index contributed by atoms with van der Waals surface area (Å²) in [5.74, 6) is -0.852. The van der Waals surface area contributed by atoms with Gasteiger partial charge in [0.25, 0.3) is 0 Å². The van der Waals surface area contributed by atoms with Gasteiger partial charge in [0.05, 0.1) is 22.0 Å². The van der Waals surface area contributed by atoms with Gasteiger partial charge < -0.3 is 10.2 Å². The molecule has 0 saturated heterocycles. The quantitative estimate of drug-likeness (QED) is 0.399. The Morgan fingerprint density at radius 1 is 1.09 bits per heavy atom. The first-order chi connectivity index (χ1) is 15.4. The van der Waals surface area contributed by atoms with Crippen molar-refractivity contribution in [3.63, 3.8) is 0 Å². The Balaban J connectivity index is 2.38. The van der Waals surface area contributed by atoms with Crippen molar-refractivity contribution in [2.45, 2.75) is 32.9 Å². The van der Waals surface area contributed by atoms with Crippen molar-refractivity contribution in [1.29, 1.82) is 0 Å². The topological polar surface area (TPSA) is 86.8 Å². The predicted octanol–water partition coefficient (Wildman–Crippen LogP) is 4.31. The Morgan fingerprint density at radius 3 is 2.27 bits per heavy atom. The maximum atomic E-state index is 13.4. The fourth-order valence-electron chi connectivity index (χ4n) is 3.03. The number of sulfonamides is 1. The summed E-state index contributed by atoms with van der Waals surface area (Å²) in [4.78, 5) is 27.4. The molecule has 0 radical (unpaired) electrons. The third-order valence-corrected chi connectivity index (χ3v) is 7.45. The van der Waals surface area contributed by atoms with Crippen LogP contribution in [-0.4, -0.2) is 50.5 Å². The monoisotopic (exact) mass is 625 g/mol. The number of hydrogen-bond acceptors (Lipinski definition) is 4. The highest BCUT2D eigenvalue weighted by atomic mass is 127. The minimum Gasteiger partial charge on any atom is -0.354 e. The summed E-state index contributed by atoms with van der Waals surface area (Å²) in [6.07, 6.45) is 1.78.